The molecular weight excluding hydrogens is 271 g/mol. The van der Waals surface area contributed by atoms with Crippen molar-refractivity contribution in [2.45, 2.75) is 25.6 Å². The Balaban J connectivity index is 3.12. The van der Waals surface area contributed by atoms with E-state index in [1.165, 1.54) is 13.8 Å². The number of hydrogen-bond donors (Lipinski definition) is 2. The van der Waals surface area contributed by atoms with Gasteiger partial charge in [0.2, 0.25) is 5.91 Å². The number of primary amides is 1. The van der Waals surface area contributed by atoms with Crippen molar-refractivity contribution in [3.63, 3.8) is 0 Å². The number of nitrogens with one attached hydrogen (secondary N) is 1. The Bertz CT molecular complexity index is 474. The number of nitrogens with two attached hydrogens (primary N) is 1. The molecule has 0 aromatic carbocycles. The summed E-state index contributed by atoms with van der Waals surface area (Å²) in [4.78, 5) is 14.7. The van der Waals surface area contributed by atoms with Crippen LogP contribution in [0.1, 0.15) is 19.4 Å². The number of nitrogens with zero attached hydrogens (tertiary/aromatic N) is 1. The van der Waals surface area contributed by atoms with Crippen LogP contribution in [-0.2, 0) is 11.0 Å². The van der Waals surface area contributed by atoms with Gasteiger partial charge in [-0.05, 0) is 26.0 Å². The van der Waals surface area contributed by atoms with Crippen molar-refractivity contribution < 1.29 is 18.0 Å². The van der Waals surface area contributed by atoms with Crippen LogP contribution in [0.25, 0.3) is 0 Å². The van der Waals surface area contributed by atoms with Gasteiger partial charge in [-0.1, -0.05) is 11.6 Å². The summed E-state index contributed by atoms with van der Waals surface area (Å²) in [5, 5.41) is 2.17. The number of anilines is 1. The highest BCUT2D eigenvalue weighted by atomic mass is 35.5. The second-order valence-electron chi connectivity index (χ2n) is 4.18. The van der Waals surface area contributed by atoms with Crippen molar-refractivity contribution in [3.05, 3.63) is 22.8 Å². The largest absolute Gasteiger partial charge is 0.416 e. The molecule has 0 unspecified atom stereocenters. The molecular formula is C10H11ClF3N3O. The lowest BCUT2D eigenvalue weighted by Crippen LogP contribution is -2.45. The molecule has 18 heavy (non-hydrogen) atoms. The fraction of sp³-hybridized carbons (Fsp3) is 0.400. The van der Waals surface area contributed by atoms with Crippen molar-refractivity contribution in [1.82, 2.24) is 4.98 Å². The van der Waals surface area contributed by atoms with Crippen molar-refractivity contribution in [2.75, 3.05) is 5.32 Å². The summed E-state index contributed by atoms with van der Waals surface area (Å²) in [5.74, 6) is -0.892. The number of halogens is 4. The predicted molar refractivity (Wildman–Crippen MR) is 61.1 cm³/mol. The highest BCUT2D eigenvalue weighted by Crippen LogP contribution is 2.32. The number of rotatable bonds is 3. The lowest BCUT2D eigenvalue weighted by atomic mass is 10.1. The molecule has 100 valence electrons. The van der Waals surface area contributed by atoms with Gasteiger partial charge in [-0.2, -0.15) is 13.2 Å². The van der Waals surface area contributed by atoms with Gasteiger partial charge in [0.15, 0.2) is 0 Å². The van der Waals surface area contributed by atoms with Gasteiger partial charge in [0.05, 0.1) is 5.56 Å². The quantitative estimate of drug-likeness (QED) is 0.836. The second-order valence-corrected chi connectivity index (χ2v) is 4.56. The van der Waals surface area contributed by atoms with Crippen LogP contribution < -0.4 is 11.1 Å². The summed E-state index contributed by atoms with van der Waals surface area (Å²) in [6.45, 7) is 2.84. The molecule has 1 heterocycles. The van der Waals surface area contributed by atoms with Gasteiger partial charge in [0.1, 0.15) is 16.5 Å². The first kappa shape index (κ1) is 14.6. The van der Waals surface area contributed by atoms with Crippen LogP contribution in [0.2, 0.25) is 5.15 Å². The number of carbonyl (C=O) groups excluding carboxylic acids is 1. The maximum absolute atomic E-state index is 12.5. The molecule has 0 atom stereocenters. The molecule has 0 aliphatic heterocycles. The van der Waals surface area contributed by atoms with Crippen LogP contribution in [0.3, 0.4) is 0 Å². The molecule has 0 spiro atoms. The van der Waals surface area contributed by atoms with E-state index in [9.17, 15) is 18.0 Å². The van der Waals surface area contributed by atoms with Crippen LogP contribution in [0.4, 0.5) is 19.0 Å². The van der Waals surface area contributed by atoms with Crippen LogP contribution in [0, 0.1) is 0 Å². The van der Waals surface area contributed by atoms with Crippen molar-refractivity contribution in [1.29, 1.82) is 0 Å². The van der Waals surface area contributed by atoms with Gasteiger partial charge in [-0.25, -0.2) is 4.98 Å². The van der Waals surface area contributed by atoms with Gasteiger partial charge in [-0.3, -0.25) is 4.79 Å². The molecule has 0 bridgehead atoms. The SMILES string of the molecule is CC(C)(Nc1cc(C(F)(F)F)cc(Cl)n1)C(N)=O. The van der Waals surface area contributed by atoms with Crippen LogP contribution in [-0.4, -0.2) is 16.4 Å². The summed E-state index contributed by atoms with van der Waals surface area (Å²) < 4.78 is 37.6. The highest BCUT2D eigenvalue weighted by Gasteiger charge is 2.32. The zero-order valence-corrected chi connectivity index (χ0v) is 10.4. The summed E-state index contributed by atoms with van der Waals surface area (Å²) in [6, 6.07) is 1.46. The van der Waals surface area contributed by atoms with E-state index >= 15 is 0 Å². The first-order valence-corrected chi connectivity index (χ1v) is 5.23. The molecule has 0 fully saturated rings. The minimum absolute atomic E-state index is 0.168. The van der Waals surface area contributed by atoms with E-state index in [0.29, 0.717) is 6.07 Å². The number of hydrogen-bond acceptors (Lipinski definition) is 3. The first-order chi connectivity index (χ1) is 8.02. The smallest absolute Gasteiger partial charge is 0.368 e. The highest BCUT2D eigenvalue weighted by molar-refractivity contribution is 6.29. The van der Waals surface area contributed by atoms with Gasteiger partial charge >= 0.3 is 6.18 Å². The number of alkyl halides is 3. The average molecular weight is 282 g/mol. The van der Waals surface area contributed by atoms with E-state index in [4.69, 9.17) is 17.3 Å². The average Bonchev–Trinajstić information content (AvgIpc) is 2.13. The Kier molecular flexibility index (Phi) is 3.75. The third-order valence-electron chi connectivity index (χ3n) is 2.18. The van der Waals surface area contributed by atoms with Gasteiger partial charge < -0.3 is 11.1 Å². The van der Waals surface area contributed by atoms with E-state index in [0.717, 1.165) is 6.07 Å². The summed E-state index contributed by atoms with van der Waals surface area (Å²) >= 11 is 5.50. The molecule has 0 saturated heterocycles. The normalized spacial score (nSPS) is 12.3. The predicted octanol–water partition coefficient (Wildman–Crippen LogP) is 2.43. The zero-order chi connectivity index (χ0) is 14.1. The van der Waals surface area contributed by atoms with Crippen LogP contribution in [0.15, 0.2) is 12.1 Å². The maximum atomic E-state index is 12.5. The van der Waals surface area contributed by atoms with Crippen LogP contribution >= 0.6 is 11.6 Å². The third kappa shape index (κ3) is 3.49. The second kappa shape index (κ2) is 4.64. The van der Waals surface area contributed by atoms with Crippen molar-refractivity contribution in [2.24, 2.45) is 5.73 Å². The van der Waals surface area contributed by atoms with E-state index in [1.807, 2.05) is 0 Å². The lowest BCUT2D eigenvalue weighted by Gasteiger charge is -2.23. The Labute approximate surface area is 106 Å². The van der Waals surface area contributed by atoms with Gasteiger partial charge in [-0.15, -0.1) is 0 Å². The minimum atomic E-state index is -4.54. The maximum Gasteiger partial charge on any atom is 0.416 e. The molecule has 0 aliphatic carbocycles. The molecule has 0 saturated carbocycles. The molecule has 3 N–H and O–H groups in total. The number of aromatic nitrogens is 1. The topological polar surface area (TPSA) is 68.0 Å². The number of carbonyl (C=O) groups is 1. The van der Waals surface area contributed by atoms with Gasteiger partial charge in [0, 0.05) is 0 Å². The van der Waals surface area contributed by atoms with E-state index in [2.05, 4.69) is 10.3 Å². The third-order valence-corrected chi connectivity index (χ3v) is 2.37. The summed E-state index contributed by atoms with van der Waals surface area (Å²) in [5.41, 5.74) is 2.91. The number of pyridine rings is 1. The summed E-state index contributed by atoms with van der Waals surface area (Å²) in [6.07, 6.45) is -4.54. The molecule has 4 nitrogen and oxygen atoms in total. The Morgan fingerprint density at radius 1 is 1.39 bits per heavy atom. The molecule has 8 heteroatoms. The van der Waals surface area contributed by atoms with E-state index in [-0.39, 0.29) is 11.0 Å². The standard InChI is InChI=1S/C10H11ClF3N3O/c1-9(2,8(15)18)17-7-4-5(10(12,13)14)3-6(11)16-7/h3-4H,1-2H3,(H2,15,18)(H,16,17). The molecule has 0 radical (unpaired) electrons. The Morgan fingerprint density at radius 3 is 2.39 bits per heavy atom. The lowest BCUT2D eigenvalue weighted by molar-refractivity contribution is -0.137. The number of amides is 1. The first-order valence-electron chi connectivity index (χ1n) is 4.85. The minimum Gasteiger partial charge on any atom is -0.368 e. The molecule has 1 aromatic heterocycles. The molecule has 1 amide bonds. The van der Waals surface area contributed by atoms with Gasteiger partial charge in [0.25, 0.3) is 0 Å². The Morgan fingerprint density at radius 2 is 1.94 bits per heavy atom. The zero-order valence-electron chi connectivity index (χ0n) is 9.60. The molecule has 1 aromatic rings. The fourth-order valence-corrected chi connectivity index (χ4v) is 1.31. The molecule has 1 rings (SSSR count). The van der Waals surface area contributed by atoms with E-state index < -0.39 is 23.2 Å². The fourth-order valence-electron chi connectivity index (χ4n) is 1.11. The summed E-state index contributed by atoms with van der Waals surface area (Å²) in [7, 11) is 0. The molecule has 0 aliphatic rings. The van der Waals surface area contributed by atoms with Crippen molar-refractivity contribution in [3.8, 4) is 0 Å². The van der Waals surface area contributed by atoms with Crippen molar-refractivity contribution >= 4 is 23.3 Å². The van der Waals surface area contributed by atoms with E-state index in [1.54, 1.807) is 0 Å². The Hall–Kier alpha value is -1.50. The monoisotopic (exact) mass is 281 g/mol. The van der Waals surface area contributed by atoms with Crippen LogP contribution in [0.5, 0.6) is 0 Å².